The van der Waals surface area contributed by atoms with Crippen molar-refractivity contribution in [2.75, 3.05) is 13.2 Å². The lowest BCUT2D eigenvalue weighted by molar-refractivity contribution is -0.137. The molecule has 5 heteroatoms. The summed E-state index contributed by atoms with van der Waals surface area (Å²) in [5.41, 5.74) is -0.695. The third-order valence-corrected chi connectivity index (χ3v) is 3.56. The minimum atomic E-state index is -4.37. The Labute approximate surface area is 115 Å². The predicted octanol–water partition coefficient (Wildman–Crippen LogP) is 3.65. The van der Waals surface area contributed by atoms with Crippen LogP contribution in [0.25, 0.3) is 5.57 Å². The lowest BCUT2D eigenvalue weighted by atomic mass is 9.85. The molecule has 1 N–H and O–H groups in total. The minimum absolute atomic E-state index is 0.262. The number of rotatable bonds is 3. The van der Waals surface area contributed by atoms with E-state index >= 15 is 0 Å². The number of halogens is 3. The number of alkyl halides is 3. The smallest absolute Gasteiger partial charge is 0.389 e. The van der Waals surface area contributed by atoms with E-state index in [1.807, 2.05) is 0 Å². The zero-order chi connectivity index (χ0) is 14.8. The van der Waals surface area contributed by atoms with Crippen molar-refractivity contribution < 1.29 is 23.0 Å². The zero-order valence-corrected chi connectivity index (χ0v) is 11.0. The fourth-order valence-electron chi connectivity index (χ4n) is 2.34. The molecule has 1 aromatic carbocycles. The summed E-state index contributed by atoms with van der Waals surface area (Å²) >= 11 is 0. The summed E-state index contributed by atoms with van der Waals surface area (Å²) in [5.74, 6) is 0. The van der Waals surface area contributed by atoms with Gasteiger partial charge in [-0.15, -0.1) is 0 Å². The molecule has 1 aliphatic rings. The summed E-state index contributed by atoms with van der Waals surface area (Å²) in [6, 6.07) is 5.04. The second-order valence-corrected chi connectivity index (χ2v) is 5.20. The number of ether oxygens (including phenoxy) is 1. The van der Waals surface area contributed by atoms with Crippen LogP contribution in [-0.2, 0) is 10.9 Å². The van der Waals surface area contributed by atoms with Crippen LogP contribution < -0.4 is 0 Å². The Morgan fingerprint density at radius 2 is 1.95 bits per heavy atom. The molecular formula is C15H17F3O2. The molecule has 2 rings (SSSR count). The first-order valence-corrected chi connectivity index (χ1v) is 6.46. The molecule has 0 aliphatic carbocycles. The number of benzene rings is 1. The van der Waals surface area contributed by atoms with Crippen LogP contribution in [0.5, 0.6) is 0 Å². The molecule has 0 aromatic heterocycles. The van der Waals surface area contributed by atoms with Gasteiger partial charge in [-0.05, 0) is 36.1 Å². The van der Waals surface area contributed by atoms with Gasteiger partial charge in [-0.25, -0.2) is 0 Å². The van der Waals surface area contributed by atoms with Crippen molar-refractivity contribution in [3.8, 4) is 0 Å². The predicted molar refractivity (Wildman–Crippen MR) is 70.1 cm³/mol. The van der Waals surface area contributed by atoms with E-state index in [0.717, 1.165) is 12.1 Å². The second-order valence-electron chi connectivity index (χ2n) is 5.20. The number of hydrogen-bond acceptors (Lipinski definition) is 2. The van der Waals surface area contributed by atoms with Crippen molar-refractivity contribution in [3.63, 3.8) is 0 Å². The zero-order valence-electron chi connectivity index (χ0n) is 11.0. The van der Waals surface area contributed by atoms with E-state index in [-0.39, 0.29) is 6.42 Å². The molecule has 1 heterocycles. The molecule has 2 nitrogen and oxygen atoms in total. The van der Waals surface area contributed by atoms with Crippen molar-refractivity contribution in [1.82, 2.24) is 0 Å². The average Bonchev–Trinajstić information content (AvgIpc) is 2.38. The van der Waals surface area contributed by atoms with Crippen molar-refractivity contribution >= 4 is 5.57 Å². The molecule has 1 saturated heterocycles. The number of hydrogen-bond donors (Lipinski definition) is 1. The third kappa shape index (κ3) is 3.61. The van der Waals surface area contributed by atoms with E-state index in [2.05, 4.69) is 6.58 Å². The lowest BCUT2D eigenvalue weighted by Crippen LogP contribution is -2.36. The minimum Gasteiger partial charge on any atom is -0.389 e. The molecule has 0 unspecified atom stereocenters. The Kier molecular flexibility index (Phi) is 4.20. The molecule has 0 amide bonds. The molecular weight excluding hydrogens is 269 g/mol. The normalized spacial score (nSPS) is 18.8. The Bertz CT molecular complexity index is 488. The third-order valence-electron chi connectivity index (χ3n) is 3.56. The van der Waals surface area contributed by atoms with Gasteiger partial charge in [0.15, 0.2) is 0 Å². The maximum atomic E-state index is 12.7. The second kappa shape index (κ2) is 5.58. The molecule has 0 atom stereocenters. The van der Waals surface area contributed by atoms with Gasteiger partial charge < -0.3 is 9.84 Å². The average molecular weight is 286 g/mol. The molecule has 20 heavy (non-hydrogen) atoms. The van der Waals surface area contributed by atoms with Crippen LogP contribution in [0.2, 0.25) is 0 Å². The molecule has 0 spiro atoms. The van der Waals surface area contributed by atoms with Gasteiger partial charge in [0, 0.05) is 19.6 Å². The molecule has 0 bridgehead atoms. The van der Waals surface area contributed by atoms with Crippen molar-refractivity contribution in [2.45, 2.75) is 31.0 Å². The topological polar surface area (TPSA) is 29.5 Å². The summed E-state index contributed by atoms with van der Waals surface area (Å²) in [7, 11) is 0. The Hall–Kier alpha value is -1.33. The van der Waals surface area contributed by atoms with Crippen molar-refractivity contribution in [3.05, 3.63) is 42.0 Å². The summed E-state index contributed by atoms with van der Waals surface area (Å²) in [5, 5.41) is 10.4. The van der Waals surface area contributed by atoms with Crippen LogP contribution in [0.3, 0.4) is 0 Å². The first kappa shape index (κ1) is 15.1. The highest BCUT2D eigenvalue weighted by Gasteiger charge is 2.32. The van der Waals surface area contributed by atoms with Gasteiger partial charge >= 0.3 is 6.18 Å². The molecule has 1 aliphatic heterocycles. The highest BCUT2D eigenvalue weighted by molar-refractivity contribution is 5.64. The molecule has 1 aromatic rings. The summed E-state index contributed by atoms with van der Waals surface area (Å²) in [6.07, 6.45) is -3.15. The van der Waals surface area contributed by atoms with E-state index in [1.54, 1.807) is 6.07 Å². The maximum absolute atomic E-state index is 12.7. The Morgan fingerprint density at radius 3 is 2.55 bits per heavy atom. The van der Waals surface area contributed by atoms with Crippen LogP contribution in [-0.4, -0.2) is 23.9 Å². The monoisotopic (exact) mass is 286 g/mol. The van der Waals surface area contributed by atoms with E-state index in [9.17, 15) is 18.3 Å². The highest BCUT2D eigenvalue weighted by atomic mass is 19.4. The van der Waals surface area contributed by atoms with E-state index in [1.165, 1.54) is 6.07 Å². The lowest BCUT2D eigenvalue weighted by Gasteiger charge is -2.32. The van der Waals surface area contributed by atoms with Crippen LogP contribution in [0.4, 0.5) is 13.2 Å². The van der Waals surface area contributed by atoms with Crippen LogP contribution in [0.15, 0.2) is 30.8 Å². The molecule has 0 radical (unpaired) electrons. The largest absolute Gasteiger partial charge is 0.416 e. The van der Waals surface area contributed by atoms with Crippen LogP contribution in [0.1, 0.15) is 30.4 Å². The van der Waals surface area contributed by atoms with Crippen molar-refractivity contribution in [1.29, 1.82) is 0 Å². The first-order chi connectivity index (χ1) is 9.30. The van der Waals surface area contributed by atoms with Gasteiger partial charge in [-0.3, -0.25) is 0 Å². The SMILES string of the molecule is C=C(CC1(O)CCOCC1)c1cccc(C(F)(F)F)c1. The van der Waals surface area contributed by atoms with Gasteiger partial charge in [0.25, 0.3) is 0 Å². The fourth-order valence-corrected chi connectivity index (χ4v) is 2.34. The van der Waals surface area contributed by atoms with E-state index in [0.29, 0.717) is 37.2 Å². The summed E-state index contributed by atoms with van der Waals surface area (Å²) in [6.45, 7) is 4.75. The summed E-state index contributed by atoms with van der Waals surface area (Å²) < 4.78 is 43.2. The fraction of sp³-hybridized carbons (Fsp3) is 0.467. The quantitative estimate of drug-likeness (QED) is 0.919. The first-order valence-electron chi connectivity index (χ1n) is 6.46. The standard InChI is InChI=1S/C15H17F3O2/c1-11(10-14(19)5-7-20-8-6-14)12-3-2-4-13(9-12)15(16,17)18/h2-4,9,19H,1,5-8,10H2. The highest BCUT2D eigenvalue weighted by Crippen LogP contribution is 2.34. The van der Waals surface area contributed by atoms with Gasteiger partial charge in [0.2, 0.25) is 0 Å². The molecule has 1 fully saturated rings. The van der Waals surface area contributed by atoms with Crippen LogP contribution in [0, 0.1) is 0 Å². The Morgan fingerprint density at radius 1 is 1.30 bits per heavy atom. The Balaban J connectivity index is 2.13. The summed E-state index contributed by atoms with van der Waals surface area (Å²) in [4.78, 5) is 0. The molecule has 0 saturated carbocycles. The van der Waals surface area contributed by atoms with Gasteiger partial charge in [-0.1, -0.05) is 18.7 Å². The van der Waals surface area contributed by atoms with E-state index < -0.39 is 17.3 Å². The van der Waals surface area contributed by atoms with Crippen molar-refractivity contribution in [2.24, 2.45) is 0 Å². The van der Waals surface area contributed by atoms with E-state index in [4.69, 9.17) is 4.74 Å². The van der Waals surface area contributed by atoms with Gasteiger partial charge in [0.1, 0.15) is 0 Å². The molecule has 110 valence electrons. The van der Waals surface area contributed by atoms with Crippen LogP contribution >= 0.6 is 0 Å². The number of aliphatic hydroxyl groups is 1. The van der Waals surface area contributed by atoms with Gasteiger partial charge in [0.05, 0.1) is 11.2 Å². The maximum Gasteiger partial charge on any atom is 0.416 e. The van der Waals surface area contributed by atoms with Gasteiger partial charge in [-0.2, -0.15) is 13.2 Å².